The standard InChI is InChI=1S/C12H21N3O2/c1-2-11(5-3-6-11)14-10(16)12(7-4-8-12)9(13)15-17/h17H,2-8H2,1H3,(H2,13,15)(H,14,16). The first-order chi connectivity index (χ1) is 8.08. The quantitative estimate of drug-likeness (QED) is 0.299. The molecule has 0 spiro atoms. The van der Waals surface area contributed by atoms with Crippen LogP contribution in [-0.4, -0.2) is 22.5 Å². The predicted molar refractivity (Wildman–Crippen MR) is 64.7 cm³/mol. The Bertz CT molecular complexity index is 338. The van der Waals surface area contributed by atoms with Gasteiger partial charge in [-0.15, -0.1) is 0 Å². The van der Waals surface area contributed by atoms with Crippen molar-refractivity contribution in [3.8, 4) is 0 Å². The summed E-state index contributed by atoms with van der Waals surface area (Å²) in [6.45, 7) is 2.09. The van der Waals surface area contributed by atoms with Gasteiger partial charge in [0.25, 0.3) is 0 Å². The van der Waals surface area contributed by atoms with Crippen molar-refractivity contribution in [3.63, 3.8) is 0 Å². The summed E-state index contributed by atoms with van der Waals surface area (Å²) in [5, 5.41) is 15.0. The fraction of sp³-hybridized carbons (Fsp3) is 0.833. The number of carbonyl (C=O) groups excluding carboxylic acids is 1. The van der Waals surface area contributed by atoms with Crippen LogP contribution < -0.4 is 11.1 Å². The molecule has 1 amide bonds. The molecule has 2 aliphatic carbocycles. The number of nitrogens with zero attached hydrogens (tertiary/aromatic N) is 1. The van der Waals surface area contributed by atoms with E-state index in [1.54, 1.807) is 0 Å². The molecule has 2 saturated carbocycles. The number of nitrogens with two attached hydrogens (primary N) is 1. The van der Waals surface area contributed by atoms with Crippen LogP contribution in [0.25, 0.3) is 0 Å². The van der Waals surface area contributed by atoms with Crippen molar-refractivity contribution in [2.24, 2.45) is 16.3 Å². The summed E-state index contributed by atoms with van der Waals surface area (Å²) in [6, 6.07) is 0. The molecule has 0 aliphatic heterocycles. The Morgan fingerprint density at radius 1 is 1.35 bits per heavy atom. The normalized spacial score (nSPS) is 25.6. The van der Waals surface area contributed by atoms with Crippen molar-refractivity contribution in [2.75, 3.05) is 0 Å². The second-order valence-corrected chi connectivity index (χ2v) is 5.36. The summed E-state index contributed by atoms with van der Waals surface area (Å²) in [5.41, 5.74) is 4.90. The number of amidine groups is 1. The Kier molecular flexibility index (Phi) is 3.02. The second kappa shape index (κ2) is 4.20. The van der Waals surface area contributed by atoms with E-state index < -0.39 is 5.41 Å². The fourth-order valence-electron chi connectivity index (χ4n) is 2.76. The van der Waals surface area contributed by atoms with Crippen molar-refractivity contribution in [1.29, 1.82) is 0 Å². The molecule has 5 heteroatoms. The Morgan fingerprint density at radius 3 is 2.24 bits per heavy atom. The fourth-order valence-corrected chi connectivity index (χ4v) is 2.76. The zero-order valence-electron chi connectivity index (χ0n) is 10.3. The van der Waals surface area contributed by atoms with E-state index in [9.17, 15) is 4.79 Å². The Hall–Kier alpha value is -1.26. The van der Waals surface area contributed by atoms with Gasteiger partial charge < -0.3 is 16.3 Å². The molecule has 0 saturated heterocycles. The predicted octanol–water partition coefficient (Wildman–Crippen LogP) is 1.35. The lowest BCUT2D eigenvalue weighted by atomic mass is 9.65. The Balaban J connectivity index is 2.08. The highest BCUT2D eigenvalue weighted by Gasteiger charge is 2.51. The molecular weight excluding hydrogens is 218 g/mol. The van der Waals surface area contributed by atoms with Gasteiger partial charge in [-0.2, -0.15) is 0 Å². The molecule has 0 radical (unpaired) electrons. The van der Waals surface area contributed by atoms with Gasteiger partial charge >= 0.3 is 0 Å². The van der Waals surface area contributed by atoms with Gasteiger partial charge in [0.2, 0.25) is 5.91 Å². The van der Waals surface area contributed by atoms with E-state index in [0.29, 0.717) is 12.8 Å². The summed E-state index contributed by atoms with van der Waals surface area (Å²) in [7, 11) is 0. The van der Waals surface area contributed by atoms with Crippen molar-refractivity contribution >= 4 is 11.7 Å². The monoisotopic (exact) mass is 239 g/mol. The average molecular weight is 239 g/mol. The van der Waals surface area contributed by atoms with Crippen LogP contribution in [0.3, 0.4) is 0 Å². The number of nitrogens with one attached hydrogen (secondary N) is 1. The lowest BCUT2D eigenvalue weighted by Gasteiger charge is -2.47. The molecule has 0 bridgehead atoms. The molecule has 0 atom stereocenters. The van der Waals surface area contributed by atoms with Gasteiger partial charge in [-0.25, -0.2) is 0 Å². The van der Waals surface area contributed by atoms with Crippen LogP contribution in [0.5, 0.6) is 0 Å². The zero-order valence-corrected chi connectivity index (χ0v) is 10.3. The van der Waals surface area contributed by atoms with E-state index in [1.807, 2.05) is 0 Å². The van der Waals surface area contributed by atoms with Gasteiger partial charge in [0.05, 0.1) is 0 Å². The molecule has 2 rings (SSSR count). The Labute approximate surface area is 101 Å². The molecule has 5 nitrogen and oxygen atoms in total. The smallest absolute Gasteiger partial charge is 0.234 e. The highest BCUT2D eigenvalue weighted by Crippen LogP contribution is 2.43. The number of hydrogen-bond donors (Lipinski definition) is 3. The molecule has 0 heterocycles. The van der Waals surface area contributed by atoms with Gasteiger partial charge in [0.1, 0.15) is 5.41 Å². The summed E-state index contributed by atoms with van der Waals surface area (Å²) in [6.07, 6.45) is 6.55. The number of amides is 1. The van der Waals surface area contributed by atoms with E-state index in [0.717, 1.165) is 25.7 Å². The molecule has 2 aliphatic rings. The number of oxime groups is 1. The summed E-state index contributed by atoms with van der Waals surface area (Å²) in [4.78, 5) is 12.3. The minimum Gasteiger partial charge on any atom is -0.409 e. The zero-order chi connectivity index (χ0) is 12.5. The molecular formula is C12H21N3O2. The lowest BCUT2D eigenvalue weighted by Crippen LogP contribution is -2.61. The van der Waals surface area contributed by atoms with Crippen molar-refractivity contribution in [1.82, 2.24) is 5.32 Å². The molecule has 0 aromatic carbocycles. The van der Waals surface area contributed by atoms with Crippen LogP contribution in [0.2, 0.25) is 0 Å². The third-order valence-electron chi connectivity index (χ3n) is 4.61. The summed E-state index contributed by atoms with van der Waals surface area (Å²) < 4.78 is 0. The van der Waals surface area contributed by atoms with E-state index in [4.69, 9.17) is 10.9 Å². The highest BCUT2D eigenvalue weighted by atomic mass is 16.4. The van der Waals surface area contributed by atoms with Crippen molar-refractivity contribution < 1.29 is 10.0 Å². The topological polar surface area (TPSA) is 87.7 Å². The molecule has 0 unspecified atom stereocenters. The minimum atomic E-state index is -0.744. The van der Waals surface area contributed by atoms with Crippen molar-refractivity contribution in [3.05, 3.63) is 0 Å². The maximum absolute atomic E-state index is 12.3. The third-order valence-corrected chi connectivity index (χ3v) is 4.61. The van der Waals surface area contributed by atoms with E-state index in [1.165, 1.54) is 6.42 Å². The SMILES string of the molecule is CCC1(NC(=O)C2(C(N)=NO)CCC2)CCC1. The lowest BCUT2D eigenvalue weighted by molar-refractivity contribution is -0.134. The highest BCUT2D eigenvalue weighted by molar-refractivity contribution is 6.07. The van der Waals surface area contributed by atoms with Crippen LogP contribution in [0, 0.1) is 5.41 Å². The van der Waals surface area contributed by atoms with Crippen LogP contribution in [-0.2, 0) is 4.79 Å². The molecule has 96 valence electrons. The van der Waals surface area contributed by atoms with Crippen LogP contribution in [0.1, 0.15) is 51.9 Å². The molecule has 17 heavy (non-hydrogen) atoms. The van der Waals surface area contributed by atoms with Crippen LogP contribution in [0.15, 0.2) is 5.16 Å². The molecule has 0 aromatic heterocycles. The molecule has 0 aromatic rings. The first kappa shape index (κ1) is 12.2. The van der Waals surface area contributed by atoms with E-state index in [2.05, 4.69) is 17.4 Å². The summed E-state index contributed by atoms with van der Waals surface area (Å²) >= 11 is 0. The average Bonchev–Trinajstić information content (AvgIpc) is 2.21. The largest absolute Gasteiger partial charge is 0.409 e. The summed E-state index contributed by atoms with van der Waals surface area (Å²) in [5.74, 6) is 0.00688. The van der Waals surface area contributed by atoms with E-state index in [-0.39, 0.29) is 17.3 Å². The van der Waals surface area contributed by atoms with Gasteiger partial charge in [-0.3, -0.25) is 4.79 Å². The third kappa shape index (κ3) is 1.77. The van der Waals surface area contributed by atoms with Crippen LogP contribution in [0.4, 0.5) is 0 Å². The minimum absolute atomic E-state index is 0.0323. The maximum atomic E-state index is 12.3. The first-order valence-corrected chi connectivity index (χ1v) is 6.39. The first-order valence-electron chi connectivity index (χ1n) is 6.39. The Morgan fingerprint density at radius 2 is 1.94 bits per heavy atom. The van der Waals surface area contributed by atoms with Gasteiger partial charge in [-0.05, 0) is 38.5 Å². The van der Waals surface area contributed by atoms with Gasteiger partial charge in [0.15, 0.2) is 5.84 Å². The van der Waals surface area contributed by atoms with Crippen LogP contribution >= 0.6 is 0 Å². The second-order valence-electron chi connectivity index (χ2n) is 5.36. The molecule has 4 N–H and O–H groups in total. The van der Waals surface area contributed by atoms with Gasteiger partial charge in [-0.1, -0.05) is 18.5 Å². The number of carbonyl (C=O) groups is 1. The number of hydrogen-bond acceptors (Lipinski definition) is 3. The van der Waals surface area contributed by atoms with Gasteiger partial charge in [0, 0.05) is 5.54 Å². The van der Waals surface area contributed by atoms with E-state index >= 15 is 0 Å². The van der Waals surface area contributed by atoms with Crippen molar-refractivity contribution in [2.45, 2.75) is 57.4 Å². The molecule has 2 fully saturated rings. The number of rotatable bonds is 4. The maximum Gasteiger partial charge on any atom is 0.234 e.